The number of esters is 1. The molecule has 0 heterocycles. The van der Waals surface area contributed by atoms with E-state index in [2.05, 4.69) is 10.5 Å². The molecule has 0 radical (unpaired) electrons. The summed E-state index contributed by atoms with van der Waals surface area (Å²) in [5, 5.41) is 3.91. The number of amides is 1. The third-order valence-electron chi connectivity index (χ3n) is 4.22. The van der Waals surface area contributed by atoms with E-state index in [1.165, 1.54) is 6.21 Å². The molecule has 0 aromatic heterocycles. The van der Waals surface area contributed by atoms with Crippen LogP contribution in [0.4, 0.5) is 0 Å². The molecule has 0 unspecified atom stereocenters. The molecule has 30 heavy (non-hydrogen) atoms. The van der Waals surface area contributed by atoms with E-state index in [1.807, 2.05) is 44.2 Å². The highest BCUT2D eigenvalue weighted by atomic mass is 16.5. The number of aryl methyl sites for hydroxylation is 2. The third-order valence-corrected chi connectivity index (χ3v) is 4.22. The molecule has 0 bridgehead atoms. The number of carbonyl (C=O) groups excluding carboxylic acids is 2. The third kappa shape index (κ3) is 6.04. The molecule has 152 valence electrons. The molecule has 3 aromatic carbocycles. The average Bonchev–Trinajstić information content (AvgIpc) is 2.74. The summed E-state index contributed by atoms with van der Waals surface area (Å²) in [6, 6.07) is 21.5. The van der Waals surface area contributed by atoms with E-state index in [0.717, 1.165) is 16.7 Å². The predicted octanol–water partition coefficient (Wildman–Crippen LogP) is 4.05. The minimum Gasteiger partial charge on any atom is -0.484 e. The van der Waals surface area contributed by atoms with Crippen LogP contribution in [0.2, 0.25) is 0 Å². The molecule has 3 rings (SSSR count). The standard InChI is InChI=1S/C24H22N2O4/c1-17-6-5-8-21(14-17)29-16-23(27)26-25-15-19-10-12-20(13-11-19)30-24(28)22-9-4-3-7-18(22)2/h3-15H,16H2,1-2H3,(H,26,27)/b25-15+. The normalized spacial score (nSPS) is 10.6. The van der Waals surface area contributed by atoms with Gasteiger partial charge in [-0.05, 0) is 73.0 Å². The quantitative estimate of drug-likeness (QED) is 0.280. The van der Waals surface area contributed by atoms with Gasteiger partial charge in [-0.25, -0.2) is 10.2 Å². The maximum atomic E-state index is 12.2. The number of hydrogen-bond donors (Lipinski definition) is 1. The van der Waals surface area contributed by atoms with Gasteiger partial charge in [-0.15, -0.1) is 0 Å². The first-order valence-corrected chi connectivity index (χ1v) is 9.40. The van der Waals surface area contributed by atoms with Crippen LogP contribution in [0.15, 0.2) is 77.9 Å². The molecule has 0 fully saturated rings. The molecule has 0 saturated carbocycles. The van der Waals surface area contributed by atoms with Crippen molar-refractivity contribution in [2.24, 2.45) is 5.10 Å². The maximum absolute atomic E-state index is 12.2. The van der Waals surface area contributed by atoms with Crippen LogP contribution in [0.1, 0.15) is 27.0 Å². The van der Waals surface area contributed by atoms with Crippen molar-refractivity contribution in [2.75, 3.05) is 6.61 Å². The van der Waals surface area contributed by atoms with Crippen molar-refractivity contribution in [1.82, 2.24) is 5.43 Å². The van der Waals surface area contributed by atoms with Crippen molar-refractivity contribution in [3.8, 4) is 11.5 Å². The minimum atomic E-state index is -0.407. The van der Waals surface area contributed by atoms with Gasteiger partial charge in [0.2, 0.25) is 0 Å². The Labute approximate surface area is 175 Å². The Balaban J connectivity index is 1.48. The highest BCUT2D eigenvalue weighted by Crippen LogP contribution is 2.15. The summed E-state index contributed by atoms with van der Waals surface area (Å²) in [7, 11) is 0. The highest BCUT2D eigenvalue weighted by Gasteiger charge is 2.10. The Morgan fingerprint density at radius 2 is 1.70 bits per heavy atom. The zero-order valence-corrected chi connectivity index (χ0v) is 16.8. The smallest absolute Gasteiger partial charge is 0.343 e. The molecule has 3 aromatic rings. The topological polar surface area (TPSA) is 77.0 Å². The summed E-state index contributed by atoms with van der Waals surface area (Å²) in [5.74, 6) is 0.285. The van der Waals surface area contributed by atoms with Gasteiger partial charge in [0.05, 0.1) is 11.8 Å². The van der Waals surface area contributed by atoms with Gasteiger partial charge in [-0.1, -0.05) is 30.3 Å². The summed E-state index contributed by atoms with van der Waals surface area (Å²) in [6.07, 6.45) is 1.50. The lowest BCUT2D eigenvalue weighted by atomic mass is 10.1. The van der Waals surface area contributed by atoms with Crippen LogP contribution in [0.5, 0.6) is 11.5 Å². The van der Waals surface area contributed by atoms with E-state index in [0.29, 0.717) is 17.1 Å². The highest BCUT2D eigenvalue weighted by molar-refractivity contribution is 5.92. The SMILES string of the molecule is Cc1cccc(OCC(=O)N/N=C/c2ccc(OC(=O)c3ccccc3C)cc2)c1. The molecule has 0 aliphatic rings. The Kier molecular flexibility index (Phi) is 6.95. The van der Waals surface area contributed by atoms with Gasteiger partial charge in [0, 0.05) is 0 Å². The van der Waals surface area contributed by atoms with Gasteiger partial charge in [0.1, 0.15) is 11.5 Å². The Bertz CT molecular complexity index is 1060. The lowest BCUT2D eigenvalue weighted by Crippen LogP contribution is -2.24. The number of ether oxygens (including phenoxy) is 2. The number of hydrogen-bond acceptors (Lipinski definition) is 5. The molecule has 6 heteroatoms. The average molecular weight is 402 g/mol. The summed E-state index contributed by atoms with van der Waals surface area (Å²) >= 11 is 0. The van der Waals surface area contributed by atoms with Crippen LogP contribution in [0.25, 0.3) is 0 Å². The number of rotatable bonds is 7. The van der Waals surface area contributed by atoms with Gasteiger partial charge in [-0.2, -0.15) is 5.10 Å². The van der Waals surface area contributed by atoms with Crippen LogP contribution >= 0.6 is 0 Å². The van der Waals surface area contributed by atoms with E-state index < -0.39 is 5.97 Å². The van der Waals surface area contributed by atoms with Gasteiger partial charge in [0.15, 0.2) is 6.61 Å². The number of nitrogens with one attached hydrogen (secondary N) is 1. The number of benzene rings is 3. The van der Waals surface area contributed by atoms with Gasteiger partial charge >= 0.3 is 5.97 Å². The molecule has 1 N–H and O–H groups in total. The molecule has 0 spiro atoms. The summed E-state index contributed by atoms with van der Waals surface area (Å²) in [6.45, 7) is 3.68. The summed E-state index contributed by atoms with van der Waals surface area (Å²) < 4.78 is 10.8. The van der Waals surface area contributed by atoms with Gasteiger partial charge in [0.25, 0.3) is 5.91 Å². The van der Waals surface area contributed by atoms with Gasteiger partial charge < -0.3 is 9.47 Å². The van der Waals surface area contributed by atoms with Gasteiger partial charge in [-0.3, -0.25) is 4.79 Å². The van der Waals surface area contributed by atoms with E-state index in [-0.39, 0.29) is 12.5 Å². The second kappa shape index (κ2) is 10.0. The first-order valence-electron chi connectivity index (χ1n) is 9.40. The zero-order valence-electron chi connectivity index (χ0n) is 16.8. The van der Waals surface area contributed by atoms with Crippen molar-refractivity contribution >= 4 is 18.1 Å². The molecular formula is C24H22N2O4. The lowest BCUT2D eigenvalue weighted by molar-refractivity contribution is -0.123. The van der Waals surface area contributed by atoms with Crippen molar-refractivity contribution < 1.29 is 19.1 Å². The molecule has 0 atom stereocenters. The second-order valence-electron chi connectivity index (χ2n) is 6.67. The lowest BCUT2D eigenvalue weighted by Gasteiger charge is -2.07. The monoisotopic (exact) mass is 402 g/mol. The molecule has 0 saturated heterocycles. The van der Waals surface area contributed by atoms with Crippen LogP contribution in [0, 0.1) is 13.8 Å². The van der Waals surface area contributed by atoms with Crippen LogP contribution in [-0.2, 0) is 4.79 Å². The summed E-state index contributed by atoms with van der Waals surface area (Å²) in [5.41, 5.74) is 5.59. The Morgan fingerprint density at radius 3 is 2.43 bits per heavy atom. The van der Waals surface area contributed by atoms with Crippen LogP contribution in [0.3, 0.4) is 0 Å². The zero-order chi connectivity index (χ0) is 21.3. The summed E-state index contributed by atoms with van der Waals surface area (Å²) in [4.78, 5) is 24.1. The van der Waals surface area contributed by atoms with Crippen LogP contribution in [-0.4, -0.2) is 24.7 Å². The Morgan fingerprint density at radius 1 is 0.933 bits per heavy atom. The van der Waals surface area contributed by atoms with Crippen LogP contribution < -0.4 is 14.9 Å². The first-order chi connectivity index (χ1) is 14.5. The Hall–Kier alpha value is -3.93. The molecular weight excluding hydrogens is 380 g/mol. The van der Waals surface area contributed by atoms with E-state index in [1.54, 1.807) is 42.5 Å². The van der Waals surface area contributed by atoms with E-state index in [4.69, 9.17) is 9.47 Å². The largest absolute Gasteiger partial charge is 0.484 e. The predicted molar refractivity (Wildman–Crippen MR) is 115 cm³/mol. The number of nitrogens with zero attached hydrogens (tertiary/aromatic N) is 1. The minimum absolute atomic E-state index is 0.130. The fourth-order valence-corrected chi connectivity index (χ4v) is 2.65. The number of carbonyl (C=O) groups is 2. The molecule has 6 nitrogen and oxygen atoms in total. The fourth-order valence-electron chi connectivity index (χ4n) is 2.65. The second-order valence-corrected chi connectivity index (χ2v) is 6.67. The van der Waals surface area contributed by atoms with Crippen molar-refractivity contribution in [3.05, 3.63) is 95.1 Å². The molecule has 1 amide bonds. The van der Waals surface area contributed by atoms with Crippen molar-refractivity contribution in [3.63, 3.8) is 0 Å². The maximum Gasteiger partial charge on any atom is 0.343 e. The molecule has 0 aliphatic carbocycles. The fraction of sp³-hybridized carbons (Fsp3) is 0.125. The van der Waals surface area contributed by atoms with E-state index >= 15 is 0 Å². The van der Waals surface area contributed by atoms with Crippen molar-refractivity contribution in [2.45, 2.75) is 13.8 Å². The molecule has 0 aliphatic heterocycles. The van der Waals surface area contributed by atoms with E-state index in [9.17, 15) is 9.59 Å². The van der Waals surface area contributed by atoms with Crippen molar-refractivity contribution in [1.29, 1.82) is 0 Å². The number of hydrazone groups is 1. The first kappa shape index (κ1) is 20.8.